The minimum Gasteiger partial charge on any atom is -0.373 e. The van der Waals surface area contributed by atoms with Crippen molar-refractivity contribution in [3.05, 3.63) is 0 Å². The van der Waals surface area contributed by atoms with Crippen molar-refractivity contribution in [2.24, 2.45) is 0 Å². The lowest BCUT2D eigenvalue weighted by Crippen LogP contribution is -2.51. The Hall–Kier alpha value is -0.650. The van der Waals surface area contributed by atoms with Crippen molar-refractivity contribution in [3.8, 4) is 0 Å². The van der Waals surface area contributed by atoms with Gasteiger partial charge in [-0.25, -0.2) is 0 Å². The standard InChI is InChI=1S/C18H32N2O3/c1-14-10-19(11-15(2)23-14)12-16-6-5-9-20(16)18(21)13-22-17-7-3-4-8-17/h14-17H,3-13H2,1-2H3/t14-,15+,16-/m0/s1. The third-order valence-electron chi connectivity index (χ3n) is 5.41. The van der Waals surface area contributed by atoms with Crippen molar-refractivity contribution in [1.29, 1.82) is 0 Å². The molecule has 0 aromatic heterocycles. The molecule has 132 valence electrons. The van der Waals surface area contributed by atoms with E-state index in [0.717, 1.165) is 51.9 Å². The summed E-state index contributed by atoms with van der Waals surface area (Å²) in [5.74, 6) is 0.189. The van der Waals surface area contributed by atoms with Crippen LogP contribution in [0.3, 0.4) is 0 Å². The SMILES string of the molecule is C[C@@H]1CN(C[C@@H]2CCCN2C(=O)COC2CCCC2)C[C@H](C)O1. The monoisotopic (exact) mass is 324 g/mol. The summed E-state index contributed by atoms with van der Waals surface area (Å²) in [4.78, 5) is 17.1. The van der Waals surface area contributed by atoms with Crippen LogP contribution in [0.25, 0.3) is 0 Å². The molecular weight excluding hydrogens is 292 g/mol. The smallest absolute Gasteiger partial charge is 0.248 e. The van der Waals surface area contributed by atoms with Crippen LogP contribution in [-0.4, -0.2) is 72.8 Å². The molecule has 1 amide bonds. The molecular formula is C18H32N2O3. The van der Waals surface area contributed by atoms with Crippen molar-refractivity contribution in [1.82, 2.24) is 9.80 Å². The Kier molecular flexibility index (Phi) is 5.94. The fraction of sp³-hybridized carbons (Fsp3) is 0.944. The van der Waals surface area contributed by atoms with Gasteiger partial charge >= 0.3 is 0 Å². The van der Waals surface area contributed by atoms with Gasteiger partial charge in [-0.1, -0.05) is 12.8 Å². The number of rotatable bonds is 5. The predicted molar refractivity (Wildman–Crippen MR) is 89.4 cm³/mol. The Labute approximate surface area is 140 Å². The van der Waals surface area contributed by atoms with E-state index >= 15 is 0 Å². The molecule has 2 heterocycles. The zero-order valence-corrected chi connectivity index (χ0v) is 14.7. The molecule has 23 heavy (non-hydrogen) atoms. The number of nitrogens with zero attached hydrogens (tertiary/aromatic N) is 2. The van der Waals surface area contributed by atoms with Crippen LogP contribution < -0.4 is 0 Å². The summed E-state index contributed by atoms with van der Waals surface area (Å²) >= 11 is 0. The second-order valence-corrected chi connectivity index (χ2v) is 7.58. The Bertz CT molecular complexity index is 388. The molecule has 3 fully saturated rings. The minimum atomic E-state index is 0.189. The van der Waals surface area contributed by atoms with E-state index in [-0.39, 0.29) is 24.7 Å². The average molecular weight is 324 g/mol. The molecule has 1 aliphatic carbocycles. The number of amides is 1. The molecule has 2 saturated heterocycles. The van der Waals surface area contributed by atoms with Crippen LogP contribution in [0.1, 0.15) is 52.4 Å². The maximum atomic E-state index is 12.5. The number of hydrogen-bond donors (Lipinski definition) is 0. The predicted octanol–water partition coefficient (Wildman–Crippen LogP) is 2.05. The number of morpholine rings is 1. The van der Waals surface area contributed by atoms with Crippen molar-refractivity contribution in [2.45, 2.75) is 76.7 Å². The van der Waals surface area contributed by atoms with E-state index in [1.54, 1.807) is 0 Å². The molecule has 0 N–H and O–H groups in total. The summed E-state index contributed by atoms with van der Waals surface area (Å²) in [6.45, 7) is 8.37. The summed E-state index contributed by atoms with van der Waals surface area (Å²) in [6, 6.07) is 0.354. The first-order chi connectivity index (χ1) is 11.1. The van der Waals surface area contributed by atoms with E-state index in [9.17, 15) is 4.79 Å². The highest BCUT2D eigenvalue weighted by Gasteiger charge is 2.32. The van der Waals surface area contributed by atoms with Crippen molar-refractivity contribution < 1.29 is 14.3 Å². The highest BCUT2D eigenvalue weighted by atomic mass is 16.5. The lowest BCUT2D eigenvalue weighted by Gasteiger charge is -2.38. The molecule has 0 radical (unpaired) electrons. The first kappa shape index (κ1) is 17.2. The van der Waals surface area contributed by atoms with Gasteiger partial charge in [-0.3, -0.25) is 9.69 Å². The zero-order chi connectivity index (χ0) is 16.2. The zero-order valence-electron chi connectivity index (χ0n) is 14.7. The van der Waals surface area contributed by atoms with Crippen molar-refractivity contribution >= 4 is 5.91 Å². The Morgan fingerprint density at radius 2 is 1.78 bits per heavy atom. The van der Waals surface area contributed by atoms with E-state index < -0.39 is 0 Å². The number of carbonyl (C=O) groups excluding carboxylic acids is 1. The van der Waals surface area contributed by atoms with Gasteiger partial charge in [0.1, 0.15) is 6.61 Å². The summed E-state index contributed by atoms with van der Waals surface area (Å²) in [7, 11) is 0. The van der Waals surface area contributed by atoms with E-state index in [0.29, 0.717) is 12.1 Å². The van der Waals surface area contributed by atoms with Crippen LogP contribution in [0.4, 0.5) is 0 Å². The fourth-order valence-electron chi connectivity index (χ4n) is 4.41. The van der Waals surface area contributed by atoms with Gasteiger partial charge < -0.3 is 14.4 Å². The lowest BCUT2D eigenvalue weighted by molar-refractivity contribution is -0.139. The molecule has 0 aromatic rings. The van der Waals surface area contributed by atoms with Gasteiger partial charge in [0.05, 0.1) is 18.3 Å². The number of carbonyl (C=O) groups is 1. The lowest BCUT2D eigenvalue weighted by atomic mass is 10.1. The van der Waals surface area contributed by atoms with Crippen LogP contribution >= 0.6 is 0 Å². The van der Waals surface area contributed by atoms with Gasteiger partial charge in [-0.2, -0.15) is 0 Å². The molecule has 5 nitrogen and oxygen atoms in total. The fourth-order valence-corrected chi connectivity index (χ4v) is 4.41. The van der Waals surface area contributed by atoms with E-state index in [2.05, 4.69) is 23.6 Å². The Balaban J connectivity index is 1.47. The highest BCUT2D eigenvalue weighted by molar-refractivity contribution is 5.78. The van der Waals surface area contributed by atoms with Crippen LogP contribution in [-0.2, 0) is 14.3 Å². The summed E-state index contributed by atoms with van der Waals surface area (Å²) < 4.78 is 11.6. The Morgan fingerprint density at radius 3 is 2.48 bits per heavy atom. The molecule has 3 atom stereocenters. The van der Waals surface area contributed by atoms with Crippen LogP contribution in [0.5, 0.6) is 0 Å². The summed E-state index contributed by atoms with van der Waals surface area (Å²) in [5, 5.41) is 0. The first-order valence-electron chi connectivity index (χ1n) is 9.40. The van der Waals surface area contributed by atoms with Gasteiger partial charge in [-0.05, 0) is 39.5 Å². The van der Waals surface area contributed by atoms with Gasteiger partial charge in [0.15, 0.2) is 0 Å². The molecule has 5 heteroatoms. The largest absolute Gasteiger partial charge is 0.373 e. The van der Waals surface area contributed by atoms with E-state index in [1.807, 2.05) is 0 Å². The topological polar surface area (TPSA) is 42.0 Å². The quantitative estimate of drug-likeness (QED) is 0.776. The normalized spacial score (nSPS) is 33.5. The van der Waals surface area contributed by atoms with Crippen LogP contribution in [0.2, 0.25) is 0 Å². The number of likely N-dealkylation sites (tertiary alicyclic amines) is 1. The van der Waals surface area contributed by atoms with Crippen molar-refractivity contribution in [2.75, 3.05) is 32.8 Å². The molecule has 0 bridgehead atoms. The molecule has 0 unspecified atom stereocenters. The van der Waals surface area contributed by atoms with E-state index in [4.69, 9.17) is 9.47 Å². The first-order valence-corrected chi connectivity index (χ1v) is 9.40. The maximum absolute atomic E-state index is 12.5. The third kappa shape index (κ3) is 4.68. The number of hydrogen-bond acceptors (Lipinski definition) is 4. The van der Waals surface area contributed by atoms with Gasteiger partial charge in [0.25, 0.3) is 0 Å². The second-order valence-electron chi connectivity index (χ2n) is 7.58. The molecule has 2 aliphatic heterocycles. The summed E-state index contributed by atoms with van der Waals surface area (Å²) in [5.41, 5.74) is 0. The van der Waals surface area contributed by atoms with Crippen LogP contribution in [0, 0.1) is 0 Å². The average Bonchev–Trinajstić information content (AvgIpc) is 3.15. The van der Waals surface area contributed by atoms with Gasteiger partial charge in [-0.15, -0.1) is 0 Å². The molecule has 3 rings (SSSR count). The highest BCUT2D eigenvalue weighted by Crippen LogP contribution is 2.23. The Morgan fingerprint density at radius 1 is 1.09 bits per heavy atom. The van der Waals surface area contributed by atoms with Gasteiger partial charge in [0, 0.05) is 32.2 Å². The minimum absolute atomic E-state index is 0.189. The van der Waals surface area contributed by atoms with Crippen molar-refractivity contribution in [3.63, 3.8) is 0 Å². The number of ether oxygens (including phenoxy) is 2. The second kappa shape index (κ2) is 7.95. The van der Waals surface area contributed by atoms with Gasteiger partial charge in [0.2, 0.25) is 5.91 Å². The van der Waals surface area contributed by atoms with Crippen LogP contribution in [0.15, 0.2) is 0 Å². The molecule has 3 aliphatic rings. The molecule has 0 aromatic carbocycles. The third-order valence-corrected chi connectivity index (χ3v) is 5.41. The summed E-state index contributed by atoms with van der Waals surface area (Å²) in [6.07, 6.45) is 7.88. The maximum Gasteiger partial charge on any atom is 0.248 e. The molecule has 1 saturated carbocycles. The molecule has 0 spiro atoms. The van der Waals surface area contributed by atoms with E-state index in [1.165, 1.54) is 12.8 Å².